The Balaban J connectivity index is 1.65. The van der Waals surface area contributed by atoms with Gasteiger partial charge in [-0.25, -0.2) is 9.97 Å². The summed E-state index contributed by atoms with van der Waals surface area (Å²) in [6, 6.07) is 12.9. The molecule has 0 saturated carbocycles. The quantitative estimate of drug-likeness (QED) is 0.937. The van der Waals surface area contributed by atoms with Crippen molar-refractivity contribution in [2.45, 2.75) is 19.5 Å². The first-order valence-corrected chi connectivity index (χ1v) is 7.50. The maximum absolute atomic E-state index is 9.10. The Hall–Kier alpha value is -2.45. The van der Waals surface area contributed by atoms with Gasteiger partial charge >= 0.3 is 0 Å². The lowest BCUT2D eigenvalue weighted by Crippen LogP contribution is -2.28. The van der Waals surface area contributed by atoms with E-state index in [-0.39, 0.29) is 6.04 Å². The minimum absolute atomic E-state index is 0.285. The Morgan fingerprint density at radius 2 is 2.00 bits per heavy atom. The van der Waals surface area contributed by atoms with Crippen LogP contribution in [0, 0.1) is 17.2 Å². The predicted octanol–water partition coefficient (Wildman–Crippen LogP) is 2.28. The summed E-state index contributed by atoms with van der Waals surface area (Å²) in [5.41, 5.74) is 1.68. The summed E-state index contributed by atoms with van der Waals surface area (Å²) in [7, 11) is 0. The second kappa shape index (κ2) is 6.54. The highest BCUT2D eigenvalue weighted by atomic mass is 15.2. The molecular formula is C17H19N5. The molecule has 0 bridgehead atoms. The van der Waals surface area contributed by atoms with Crippen molar-refractivity contribution in [3.05, 3.63) is 54.0 Å². The molecule has 0 aliphatic carbocycles. The smallest absolute Gasteiger partial charge is 0.182 e. The van der Waals surface area contributed by atoms with Gasteiger partial charge in [0.05, 0.1) is 0 Å². The van der Waals surface area contributed by atoms with Crippen molar-refractivity contribution in [3.63, 3.8) is 0 Å². The van der Waals surface area contributed by atoms with Gasteiger partial charge in [-0.1, -0.05) is 37.3 Å². The molecule has 1 aliphatic rings. The lowest BCUT2D eigenvalue weighted by molar-refractivity contribution is 0.319. The molecule has 3 rings (SSSR count). The monoisotopic (exact) mass is 293 g/mol. The summed E-state index contributed by atoms with van der Waals surface area (Å²) in [5.74, 6) is 1.08. The minimum atomic E-state index is 0.285. The van der Waals surface area contributed by atoms with Gasteiger partial charge in [0.1, 0.15) is 6.07 Å². The second-order valence-electron chi connectivity index (χ2n) is 5.77. The van der Waals surface area contributed by atoms with Crippen LogP contribution in [0.2, 0.25) is 0 Å². The van der Waals surface area contributed by atoms with Crippen molar-refractivity contribution in [3.8, 4) is 6.07 Å². The number of hydrogen-bond donors (Lipinski definition) is 1. The predicted molar refractivity (Wildman–Crippen MR) is 85.0 cm³/mol. The zero-order valence-electron chi connectivity index (χ0n) is 12.6. The van der Waals surface area contributed by atoms with Crippen LogP contribution in [0.25, 0.3) is 0 Å². The van der Waals surface area contributed by atoms with E-state index in [4.69, 9.17) is 5.26 Å². The van der Waals surface area contributed by atoms with E-state index in [1.807, 2.05) is 6.07 Å². The number of aromatic nitrogens is 2. The first-order valence-electron chi connectivity index (χ1n) is 7.50. The molecule has 1 aliphatic heterocycles. The first-order chi connectivity index (χ1) is 10.8. The van der Waals surface area contributed by atoms with Gasteiger partial charge < -0.3 is 5.32 Å². The summed E-state index contributed by atoms with van der Waals surface area (Å²) in [6.45, 7) is 5.16. The zero-order chi connectivity index (χ0) is 15.4. The molecule has 5 nitrogen and oxygen atoms in total. The number of likely N-dealkylation sites (tertiary alicyclic amines) is 1. The zero-order valence-corrected chi connectivity index (χ0v) is 12.6. The Bertz CT molecular complexity index is 664. The second-order valence-corrected chi connectivity index (χ2v) is 5.77. The summed E-state index contributed by atoms with van der Waals surface area (Å²) >= 11 is 0. The van der Waals surface area contributed by atoms with Crippen LogP contribution in [0.1, 0.15) is 18.2 Å². The number of benzene rings is 1. The summed E-state index contributed by atoms with van der Waals surface area (Å²) in [4.78, 5) is 10.7. The third kappa shape index (κ3) is 3.23. The first kappa shape index (κ1) is 14.5. The molecule has 1 fully saturated rings. The number of nitriles is 1. The lowest BCUT2D eigenvalue weighted by Gasteiger charge is -2.18. The molecule has 1 N–H and O–H groups in total. The maximum atomic E-state index is 9.10. The SMILES string of the molecule is C[C@@H]1CN(Cc2ccccc2)C[C@H]1Nc1nccnc1C#N. The Morgan fingerprint density at radius 1 is 1.23 bits per heavy atom. The van der Waals surface area contributed by atoms with Crippen LogP contribution >= 0.6 is 0 Å². The van der Waals surface area contributed by atoms with E-state index in [0.717, 1.165) is 19.6 Å². The molecule has 2 atom stereocenters. The average molecular weight is 293 g/mol. The Labute approximate surface area is 130 Å². The molecule has 0 unspecified atom stereocenters. The molecule has 0 amide bonds. The summed E-state index contributed by atoms with van der Waals surface area (Å²) in [6.07, 6.45) is 3.16. The van der Waals surface area contributed by atoms with Crippen LogP contribution in [-0.2, 0) is 6.54 Å². The number of anilines is 1. The number of nitrogens with one attached hydrogen (secondary N) is 1. The van der Waals surface area contributed by atoms with Crippen LogP contribution in [0.5, 0.6) is 0 Å². The molecule has 0 spiro atoms. The van der Waals surface area contributed by atoms with Gasteiger partial charge in [-0.2, -0.15) is 5.26 Å². The molecule has 0 radical (unpaired) electrons. The van der Waals surface area contributed by atoms with Crippen molar-refractivity contribution in [1.82, 2.24) is 14.9 Å². The van der Waals surface area contributed by atoms with E-state index >= 15 is 0 Å². The van der Waals surface area contributed by atoms with Gasteiger partial charge in [0.2, 0.25) is 0 Å². The molecule has 22 heavy (non-hydrogen) atoms. The normalized spacial score (nSPS) is 21.5. The van der Waals surface area contributed by atoms with E-state index in [1.165, 1.54) is 5.56 Å². The van der Waals surface area contributed by atoms with Crippen LogP contribution in [0.15, 0.2) is 42.7 Å². The number of nitrogens with zero attached hydrogens (tertiary/aromatic N) is 4. The number of rotatable bonds is 4. The lowest BCUT2D eigenvalue weighted by atomic mass is 10.1. The van der Waals surface area contributed by atoms with Crippen LogP contribution < -0.4 is 5.32 Å². The van der Waals surface area contributed by atoms with Gasteiger partial charge in [-0.05, 0) is 11.5 Å². The van der Waals surface area contributed by atoms with Crippen molar-refractivity contribution in [2.24, 2.45) is 5.92 Å². The van der Waals surface area contributed by atoms with Crippen LogP contribution in [0.4, 0.5) is 5.82 Å². The van der Waals surface area contributed by atoms with E-state index in [2.05, 4.69) is 57.4 Å². The van der Waals surface area contributed by atoms with E-state index in [1.54, 1.807) is 12.4 Å². The standard InChI is InChI=1S/C17H19N5/c1-13-10-22(11-14-5-3-2-4-6-14)12-16(13)21-17-15(9-18)19-7-8-20-17/h2-8,13,16H,10-12H2,1H3,(H,20,21)/t13-,16-/m1/s1. The molecule has 5 heteroatoms. The highest BCUT2D eigenvalue weighted by Gasteiger charge is 2.30. The molecule has 1 aromatic heterocycles. The average Bonchev–Trinajstić information content (AvgIpc) is 2.88. The molecule has 1 saturated heterocycles. The van der Waals surface area contributed by atoms with Crippen molar-refractivity contribution in [2.75, 3.05) is 18.4 Å². The third-order valence-corrected chi connectivity index (χ3v) is 4.06. The fraction of sp³-hybridized carbons (Fsp3) is 0.353. The minimum Gasteiger partial charge on any atom is -0.363 e. The van der Waals surface area contributed by atoms with Crippen LogP contribution in [0.3, 0.4) is 0 Å². The van der Waals surface area contributed by atoms with Gasteiger partial charge in [0.15, 0.2) is 11.5 Å². The topological polar surface area (TPSA) is 64.8 Å². The highest BCUT2D eigenvalue weighted by molar-refractivity contribution is 5.47. The van der Waals surface area contributed by atoms with Gasteiger partial charge in [-0.3, -0.25) is 4.90 Å². The fourth-order valence-electron chi connectivity index (χ4n) is 2.93. The van der Waals surface area contributed by atoms with Gasteiger partial charge in [0, 0.05) is 38.1 Å². The van der Waals surface area contributed by atoms with E-state index in [0.29, 0.717) is 17.4 Å². The van der Waals surface area contributed by atoms with E-state index < -0.39 is 0 Å². The third-order valence-electron chi connectivity index (χ3n) is 4.06. The van der Waals surface area contributed by atoms with Crippen molar-refractivity contribution < 1.29 is 0 Å². The molecule has 1 aromatic carbocycles. The molecule has 2 aromatic rings. The Morgan fingerprint density at radius 3 is 2.77 bits per heavy atom. The fourth-order valence-corrected chi connectivity index (χ4v) is 2.93. The maximum Gasteiger partial charge on any atom is 0.182 e. The molecule has 2 heterocycles. The van der Waals surface area contributed by atoms with Gasteiger partial charge in [-0.15, -0.1) is 0 Å². The summed E-state index contributed by atoms with van der Waals surface area (Å²) < 4.78 is 0. The highest BCUT2D eigenvalue weighted by Crippen LogP contribution is 2.22. The summed E-state index contributed by atoms with van der Waals surface area (Å²) in [5, 5.41) is 12.5. The molecule has 112 valence electrons. The van der Waals surface area contributed by atoms with Gasteiger partial charge in [0.25, 0.3) is 0 Å². The van der Waals surface area contributed by atoms with Crippen molar-refractivity contribution in [1.29, 1.82) is 5.26 Å². The van der Waals surface area contributed by atoms with Crippen LogP contribution in [-0.4, -0.2) is 34.0 Å². The molecular weight excluding hydrogens is 274 g/mol. The van der Waals surface area contributed by atoms with Crippen molar-refractivity contribution >= 4 is 5.82 Å². The van der Waals surface area contributed by atoms with E-state index in [9.17, 15) is 0 Å². The largest absolute Gasteiger partial charge is 0.363 e. The Kier molecular flexibility index (Phi) is 4.31. The number of hydrogen-bond acceptors (Lipinski definition) is 5.